The first kappa shape index (κ1) is 9.21. The summed E-state index contributed by atoms with van der Waals surface area (Å²) in [5.74, 6) is 0.0343. The lowest BCUT2D eigenvalue weighted by Gasteiger charge is -2.00. The number of hydrogen-bond donors (Lipinski definition) is 2. The van der Waals surface area contributed by atoms with Crippen LogP contribution in [-0.2, 0) is 4.57 Å². The van der Waals surface area contributed by atoms with Crippen molar-refractivity contribution in [1.82, 2.24) is 4.98 Å². The predicted molar refractivity (Wildman–Crippen MR) is 45.9 cm³/mol. The van der Waals surface area contributed by atoms with Gasteiger partial charge in [0.2, 0.25) is 0 Å². The fourth-order valence-corrected chi connectivity index (χ4v) is 1.74. The van der Waals surface area contributed by atoms with Crippen LogP contribution in [0.5, 0.6) is 0 Å². The summed E-state index contributed by atoms with van der Waals surface area (Å²) in [5, 5.41) is -0.189. The van der Waals surface area contributed by atoms with E-state index < -0.39 is 7.60 Å². The zero-order valence-electron chi connectivity index (χ0n) is 6.82. The van der Waals surface area contributed by atoms with Gasteiger partial charge in [-0.3, -0.25) is 4.57 Å². The molecular weight excluding hydrogens is 209 g/mol. The highest BCUT2D eigenvalue weighted by Gasteiger charge is 2.26. The highest BCUT2D eigenvalue weighted by atomic mass is 31.2. The fourth-order valence-electron chi connectivity index (χ4n) is 1.05. The molecule has 14 heavy (non-hydrogen) atoms. The molecule has 0 fully saturated rings. The maximum absolute atomic E-state index is 11.0. The van der Waals surface area contributed by atoms with Gasteiger partial charge in [-0.2, -0.15) is 0 Å². The minimum absolute atomic E-state index is 0.0343. The Kier molecular flexibility index (Phi) is 2.03. The Morgan fingerprint density at radius 3 is 2.79 bits per heavy atom. The third-order valence-corrected chi connectivity index (χ3v) is 2.60. The van der Waals surface area contributed by atoms with Crippen molar-refractivity contribution in [3.05, 3.63) is 25.0 Å². The molecule has 0 bridgehead atoms. The molecule has 0 aliphatic carbocycles. The van der Waals surface area contributed by atoms with Crippen molar-refractivity contribution >= 4 is 12.9 Å². The van der Waals surface area contributed by atoms with E-state index >= 15 is 0 Å². The van der Waals surface area contributed by atoms with E-state index in [4.69, 9.17) is 14.2 Å². The van der Waals surface area contributed by atoms with Gasteiger partial charge in [0.15, 0.2) is 12.2 Å². The Morgan fingerprint density at radius 2 is 2.21 bits per heavy atom. The van der Waals surface area contributed by atoms with Gasteiger partial charge in [0.25, 0.3) is 0 Å². The first-order valence-electron chi connectivity index (χ1n) is 3.61. The van der Waals surface area contributed by atoms with Crippen LogP contribution in [0.2, 0.25) is 0 Å². The number of oxazole rings is 1. The Morgan fingerprint density at radius 1 is 1.43 bits per heavy atom. The smallest absolute Gasteiger partial charge is 0.360 e. The SMILES string of the molecule is O=P(O)(O)c1ccoc1-c1cocn1. The summed E-state index contributed by atoms with van der Waals surface area (Å²) in [4.78, 5) is 21.6. The Bertz CT molecular complexity index is 468. The van der Waals surface area contributed by atoms with E-state index in [1.807, 2.05) is 0 Å². The van der Waals surface area contributed by atoms with E-state index in [0.717, 1.165) is 6.39 Å². The third-order valence-electron chi connectivity index (χ3n) is 1.62. The molecule has 74 valence electrons. The Balaban J connectivity index is 2.56. The van der Waals surface area contributed by atoms with Gasteiger partial charge in [0.1, 0.15) is 17.3 Å². The first-order valence-corrected chi connectivity index (χ1v) is 5.22. The average Bonchev–Trinajstić information content (AvgIpc) is 2.73. The molecule has 2 N–H and O–H groups in total. The lowest BCUT2D eigenvalue weighted by atomic mass is 10.4. The molecule has 0 atom stereocenters. The van der Waals surface area contributed by atoms with Crippen LogP contribution in [0.4, 0.5) is 0 Å². The van der Waals surface area contributed by atoms with E-state index in [1.54, 1.807) is 0 Å². The van der Waals surface area contributed by atoms with Crippen molar-refractivity contribution in [3.8, 4) is 11.5 Å². The van der Waals surface area contributed by atoms with E-state index in [0.29, 0.717) is 0 Å². The van der Waals surface area contributed by atoms with Crippen molar-refractivity contribution in [2.45, 2.75) is 0 Å². The van der Waals surface area contributed by atoms with Crippen molar-refractivity contribution in [3.63, 3.8) is 0 Å². The summed E-state index contributed by atoms with van der Waals surface area (Å²) >= 11 is 0. The molecule has 0 radical (unpaired) electrons. The van der Waals surface area contributed by atoms with Crippen LogP contribution in [0.25, 0.3) is 11.5 Å². The monoisotopic (exact) mass is 215 g/mol. The topological polar surface area (TPSA) is 96.7 Å². The van der Waals surface area contributed by atoms with E-state index in [-0.39, 0.29) is 16.8 Å². The summed E-state index contributed by atoms with van der Waals surface area (Å²) in [7, 11) is -4.32. The Labute approximate surface area is 78.3 Å². The minimum atomic E-state index is -4.32. The molecule has 2 aromatic rings. The van der Waals surface area contributed by atoms with Gasteiger partial charge in [0, 0.05) is 0 Å². The van der Waals surface area contributed by atoms with Gasteiger partial charge in [-0.05, 0) is 6.07 Å². The maximum Gasteiger partial charge on any atom is 0.360 e. The molecule has 2 aromatic heterocycles. The average molecular weight is 215 g/mol. The lowest BCUT2D eigenvalue weighted by molar-refractivity contribution is 0.387. The number of nitrogens with zero attached hydrogens (tertiary/aromatic N) is 1. The Hall–Kier alpha value is -1.36. The van der Waals surface area contributed by atoms with Crippen molar-refractivity contribution in [1.29, 1.82) is 0 Å². The van der Waals surface area contributed by atoms with Crippen LogP contribution in [-0.4, -0.2) is 14.8 Å². The van der Waals surface area contributed by atoms with Gasteiger partial charge in [0.05, 0.1) is 6.26 Å². The molecule has 0 amide bonds. The van der Waals surface area contributed by atoms with E-state index in [1.165, 1.54) is 18.6 Å². The molecular formula is C7H6NO5P. The molecule has 0 saturated heterocycles. The third kappa shape index (κ3) is 1.50. The molecule has 2 rings (SSSR count). The molecule has 0 aromatic carbocycles. The molecule has 6 nitrogen and oxygen atoms in total. The van der Waals surface area contributed by atoms with E-state index in [2.05, 4.69) is 9.40 Å². The zero-order valence-corrected chi connectivity index (χ0v) is 7.72. The normalized spacial score (nSPS) is 11.9. The maximum atomic E-state index is 11.0. The van der Waals surface area contributed by atoms with Gasteiger partial charge in [-0.15, -0.1) is 0 Å². The summed E-state index contributed by atoms with van der Waals surface area (Å²) in [5.41, 5.74) is 0.258. The zero-order chi connectivity index (χ0) is 10.2. The molecule has 7 heteroatoms. The number of rotatable bonds is 2. The molecule has 2 heterocycles. The van der Waals surface area contributed by atoms with Gasteiger partial charge < -0.3 is 18.6 Å². The molecule has 0 spiro atoms. The second kappa shape index (κ2) is 3.09. The second-order valence-corrected chi connectivity index (χ2v) is 4.12. The second-order valence-electron chi connectivity index (χ2n) is 2.55. The minimum Gasteiger partial charge on any atom is -0.462 e. The number of furan rings is 1. The fraction of sp³-hybridized carbons (Fsp3) is 0. The molecule has 0 unspecified atom stereocenters. The summed E-state index contributed by atoms with van der Waals surface area (Å²) in [6.45, 7) is 0. The van der Waals surface area contributed by atoms with Gasteiger partial charge in [-0.1, -0.05) is 0 Å². The first-order chi connectivity index (χ1) is 6.59. The molecule has 0 aliphatic heterocycles. The highest BCUT2D eigenvalue weighted by molar-refractivity contribution is 7.60. The van der Waals surface area contributed by atoms with Crippen molar-refractivity contribution < 1.29 is 23.2 Å². The van der Waals surface area contributed by atoms with Crippen LogP contribution in [0.1, 0.15) is 0 Å². The molecule has 0 saturated carbocycles. The molecule has 0 aliphatic rings. The summed E-state index contributed by atoms with van der Waals surface area (Å²) in [6.07, 6.45) is 3.59. The van der Waals surface area contributed by atoms with Crippen LogP contribution >= 0.6 is 7.60 Å². The number of hydrogen-bond acceptors (Lipinski definition) is 4. The van der Waals surface area contributed by atoms with Crippen LogP contribution in [0, 0.1) is 0 Å². The number of aromatic nitrogens is 1. The summed E-state index contributed by atoms with van der Waals surface area (Å²) in [6, 6.07) is 1.21. The standard InChI is InChI=1S/C7H6NO5P/c9-14(10,11)6-1-2-13-7(6)5-3-12-4-8-5/h1-4H,(H2,9,10,11). The highest BCUT2D eigenvalue weighted by Crippen LogP contribution is 2.37. The van der Waals surface area contributed by atoms with Crippen molar-refractivity contribution in [2.24, 2.45) is 0 Å². The largest absolute Gasteiger partial charge is 0.462 e. The van der Waals surface area contributed by atoms with E-state index in [9.17, 15) is 4.57 Å². The van der Waals surface area contributed by atoms with Crippen LogP contribution < -0.4 is 5.30 Å². The quantitative estimate of drug-likeness (QED) is 0.717. The lowest BCUT2D eigenvalue weighted by Crippen LogP contribution is -2.03. The van der Waals surface area contributed by atoms with Crippen molar-refractivity contribution in [2.75, 3.05) is 0 Å². The predicted octanol–water partition coefficient (Wildman–Crippen LogP) is 0.738. The summed E-state index contributed by atoms with van der Waals surface area (Å²) < 4.78 is 20.6. The van der Waals surface area contributed by atoms with Crippen LogP contribution in [0.3, 0.4) is 0 Å². The van der Waals surface area contributed by atoms with Crippen LogP contribution in [0.15, 0.2) is 33.8 Å². The van der Waals surface area contributed by atoms with Gasteiger partial charge >= 0.3 is 7.60 Å². The van der Waals surface area contributed by atoms with Gasteiger partial charge in [-0.25, -0.2) is 4.98 Å².